The molecule has 0 bridgehead atoms. The first kappa shape index (κ1) is 22.1. The molecular formula is C24H23Cl2N5O. The van der Waals surface area contributed by atoms with E-state index in [-0.39, 0.29) is 5.91 Å². The number of nitrogens with one attached hydrogen (secondary N) is 1. The highest BCUT2D eigenvalue weighted by Gasteiger charge is 2.12. The molecule has 0 unspecified atom stereocenters. The van der Waals surface area contributed by atoms with Crippen LogP contribution in [0, 0.1) is 20.8 Å². The molecule has 8 heteroatoms. The molecule has 2 aromatic carbocycles. The van der Waals surface area contributed by atoms with Crippen LogP contribution in [-0.2, 0) is 13.1 Å². The molecular weight excluding hydrogens is 445 g/mol. The standard InChI is InChI=1S/C24H23Cl2N5O/c1-15-10-16(2)30(28-15)13-18-4-6-19(7-5-18)24(32)27-23-11-17(3)31(29-23)14-20-8-9-21(25)12-22(20)26/h4-12H,13-14H2,1-3H3,(H,27,29,32). The molecule has 0 spiro atoms. The van der Waals surface area contributed by atoms with Gasteiger partial charge in [-0.25, -0.2) is 0 Å². The summed E-state index contributed by atoms with van der Waals surface area (Å²) in [7, 11) is 0. The monoisotopic (exact) mass is 467 g/mol. The number of nitrogens with zero attached hydrogens (tertiary/aromatic N) is 4. The van der Waals surface area contributed by atoms with Crippen molar-refractivity contribution >= 4 is 34.9 Å². The van der Waals surface area contributed by atoms with E-state index in [1.165, 1.54) is 0 Å². The number of amides is 1. The maximum atomic E-state index is 12.7. The van der Waals surface area contributed by atoms with Gasteiger partial charge in [0.1, 0.15) is 0 Å². The van der Waals surface area contributed by atoms with Crippen molar-refractivity contribution in [2.75, 3.05) is 5.32 Å². The van der Waals surface area contributed by atoms with Crippen LogP contribution in [0.2, 0.25) is 10.0 Å². The predicted octanol–water partition coefficient (Wildman–Crippen LogP) is 5.66. The van der Waals surface area contributed by atoms with Gasteiger partial charge in [0.25, 0.3) is 5.91 Å². The second-order valence-electron chi connectivity index (χ2n) is 7.80. The molecule has 6 nitrogen and oxygen atoms in total. The highest BCUT2D eigenvalue weighted by molar-refractivity contribution is 6.35. The lowest BCUT2D eigenvalue weighted by Crippen LogP contribution is -2.13. The number of carbonyl (C=O) groups excluding carboxylic acids is 1. The minimum absolute atomic E-state index is 0.211. The van der Waals surface area contributed by atoms with Crippen molar-refractivity contribution in [3.8, 4) is 0 Å². The number of anilines is 1. The molecule has 164 valence electrons. The second kappa shape index (κ2) is 9.18. The molecule has 4 aromatic rings. The Hall–Kier alpha value is -3.09. The summed E-state index contributed by atoms with van der Waals surface area (Å²) in [5.74, 6) is 0.279. The van der Waals surface area contributed by atoms with Crippen LogP contribution in [0.25, 0.3) is 0 Å². The van der Waals surface area contributed by atoms with Gasteiger partial charge in [0, 0.05) is 33.1 Å². The van der Waals surface area contributed by atoms with Crippen LogP contribution in [0.5, 0.6) is 0 Å². The Bertz CT molecular complexity index is 1270. The maximum Gasteiger partial charge on any atom is 0.256 e. The topological polar surface area (TPSA) is 64.7 Å². The molecule has 0 aliphatic rings. The molecule has 0 saturated carbocycles. The van der Waals surface area contributed by atoms with Crippen LogP contribution in [0.15, 0.2) is 54.6 Å². The molecule has 0 aliphatic heterocycles. The van der Waals surface area contributed by atoms with Gasteiger partial charge in [-0.2, -0.15) is 10.2 Å². The van der Waals surface area contributed by atoms with Crippen molar-refractivity contribution < 1.29 is 4.79 Å². The van der Waals surface area contributed by atoms with Gasteiger partial charge in [-0.3, -0.25) is 14.2 Å². The van der Waals surface area contributed by atoms with Crippen molar-refractivity contribution in [3.05, 3.63) is 98.4 Å². The summed E-state index contributed by atoms with van der Waals surface area (Å²) in [6.07, 6.45) is 0. The van der Waals surface area contributed by atoms with E-state index in [9.17, 15) is 4.79 Å². The predicted molar refractivity (Wildman–Crippen MR) is 128 cm³/mol. The Morgan fingerprint density at radius 2 is 1.56 bits per heavy atom. The molecule has 4 rings (SSSR count). The van der Waals surface area contributed by atoms with Crippen LogP contribution < -0.4 is 5.32 Å². The number of aryl methyl sites for hydroxylation is 3. The molecule has 32 heavy (non-hydrogen) atoms. The minimum atomic E-state index is -0.211. The number of aromatic nitrogens is 4. The molecule has 2 aromatic heterocycles. The zero-order chi connectivity index (χ0) is 22.8. The van der Waals surface area contributed by atoms with E-state index in [1.54, 1.807) is 16.8 Å². The van der Waals surface area contributed by atoms with Gasteiger partial charge in [-0.1, -0.05) is 41.4 Å². The number of rotatable bonds is 6. The second-order valence-corrected chi connectivity index (χ2v) is 8.64. The molecule has 1 N–H and O–H groups in total. The zero-order valence-corrected chi connectivity index (χ0v) is 19.6. The van der Waals surface area contributed by atoms with Crippen molar-refractivity contribution in [1.29, 1.82) is 0 Å². The lowest BCUT2D eigenvalue weighted by Gasteiger charge is -2.07. The van der Waals surface area contributed by atoms with Crippen molar-refractivity contribution in [2.24, 2.45) is 0 Å². The fourth-order valence-corrected chi connectivity index (χ4v) is 3.97. The summed E-state index contributed by atoms with van der Waals surface area (Å²) in [5, 5.41) is 13.0. The van der Waals surface area contributed by atoms with Gasteiger partial charge in [-0.15, -0.1) is 0 Å². The van der Waals surface area contributed by atoms with Gasteiger partial charge in [0.2, 0.25) is 0 Å². The van der Waals surface area contributed by atoms with Crippen LogP contribution in [-0.4, -0.2) is 25.5 Å². The fraction of sp³-hybridized carbons (Fsp3) is 0.208. The minimum Gasteiger partial charge on any atom is -0.305 e. The normalized spacial score (nSPS) is 11.0. The van der Waals surface area contributed by atoms with E-state index in [1.807, 2.05) is 67.9 Å². The Labute approximate surface area is 196 Å². The first-order valence-electron chi connectivity index (χ1n) is 10.2. The molecule has 0 radical (unpaired) electrons. The lowest BCUT2D eigenvalue weighted by atomic mass is 10.1. The van der Waals surface area contributed by atoms with E-state index in [0.717, 1.165) is 28.2 Å². The summed E-state index contributed by atoms with van der Waals surface area (Å²) >= 11 is 12.2. The van der Waals surface area contributed by atoms with Crippen LogP contribution >= 0.6 is 23.2 Å². The molecule has 0 atom stereocenters. The first-order valence-corrected chi connectivity index (χ1v) is 10.9. The third-order valence-electron chi connectivity index (χ3n) is 5.21. The summed E-state index contributed by atoms with van der Waals surface area (Å²) in [4.78, 5) is 12.7. The number of hydrogen-bond donors (Lipinski definition) is 1. The Morgan fingerprint density at radius 1 is 0.875 bits per heavy atom. The average Bonchev–Trinajstić information content (AvgIpc) is 3.24. The Kier molecular flexibility index (Phi) is 6.35. The Balaban J connectivity index is 1.42. The third-order valence-corrected chi connectivity index (χ3v) is 5.80. The van der Waals surface area contributed by atoms with Crippen molar-refractivity contribution in [2.45, 2.75) is 33.9 Å². The van der Waals surface area contributed by atoms with Crippen molar-refractivity contribution in [1.82, 2.24) is 19.6 Å². The smallest absolute Gasteiger partial charge is 0.256 e. The molecule has 1 amide bonds. The van der Waals surface area contributed by atoms with E-state index < -0.39 is 0 Å². The number of benzene rings is 2. The van der Waals surface area contributed by atoms with Crippen LogP contribution in [0.3, 0.4) is 0 Å². The summed E-state index contributed by atoms with van der Waals surface area (Å²) in [5.41, 5.74) is 5.55. The molecule has 0 saturated heterocycles. The summed E-state index contributed by atoms with van der Waals surface area (Å²) in [6.45, 7) is 7.09. The largest absolute Gasteiger partial charge is 0.305 e. The van der Waals surface area contributed by atoms with E-state index in [4.69, 9.17) is 23.2 Å². The number of halogens is 2. The Morgan fingerprint density at radius 3 is 2.22 bits per heavy atom. The van der Waals surface area contributed by atoms with Gasteiger partial charge >= 0.3 is 0 Å². The van der Waals surface area contributed by atoms with E-state index in [0.29, 0.717) is 34.5 Å². The molecule has 2 heterocycles. The van der Waals surface area contributed by atoms with E-state index >= 15 is 0 Å². The van der Waals surface area contributed by atoms with Crippen LogP contribution in [0.1, 0.15) is 38.6 Å². The highest BCUT2D eigenvalue weighted by atomic mass is 35.5. The van der Waals surface area contributed by atoms with Crippen molar-refractivity contribution in [3.63, 3.8) is 0 Å². The summed E-state index contributed by atoms with van der Waals surface area (Å²) in [6, 6.07) is 16.8. The summed E-state index contributed by atoms with van der Waals surface area (Å²) < 4.78 is 3.75. The third kappa shape index (κ3) is 5.03. The molecule has 0 aliphatic carbocycles. The first-order chi connectivity index (χ1) is 15.3. The fourth-order valence-electron chi connectivity index (χ4n) is 3.50. The molecule has 0 fully saturated rings. The lowest BCUT2D eigenvalue weighted by molar-refractivity contribution is 0.102. The van der Waals surface area contributed by atoms with E-state index in [2.05, 4.69) is 15.5 Å². The van der Waals surface area contributed by atoms with Gasteiger partial charge < -0.3 is 5.32 Å². The zero-order valence-electron chi connectivity index (χ0n) is 18.1. The number of carbonyl (C=O) groups is 1. The van der Waals surface area contributed by atoms with Gasteiger partial charge in [0.05, 0.1) is 18.8 Å². The highest BCUT2D eigenvalue weighted by Crippen LogP contribution is 2.23. The van der Waals surface area contributed by atoms with Gasteiger partial charge in [-0.05, 0) is 62.2 Å². The van der Waals surface area contributed by atoms with Gasteiger partial charge in [0.15, 0.2) is 5.82 Å². The quantitative estimate of drug-likeness (QED) is 0.397. The van der Waals surface area contributed by atoms with Crippen LogP contribution in [0.4, 0.5) is 5.82 Å². The SMILES string of the molecule is Cc1cc(C)n(Cc2ccc(C(=O)Nc3cc(C)n(Cc4ccc(Cl)cc4Cl)n3)cc2)n1. The maximum absolute atomic E-state index is 12.7. The number of hydrogen-bond acceptors (Lipinski definition) is 3. The average molecular weight is 468 g/mol.